The summed E-state index contributed by atoms with van der Waals surface area (Å²) in [7, 11) is 0. The molecule has 0 amide bonds. The molecule has 74 valence electrons. The first-order chi connectivity index (χ1) is 6.15. The zero-order valence-electron chi connectivity index (χ0n) is 8.12. The minimum absolute atomic E-state index is 0.136. The molecule has 0 spiro atoms. The van der Waals surface area contributed by atoms with Crippen LogP contribution in [0.3, 0.4) is 0 Å². The van der Waals surface area contributed by atoms with Crippen molar-refractivity contribution in [2.24, 2.45) is 5.92 Å². The highest BCUT2D eigenvalue weighted by atomic mass is 16.5. The Kier molecular flexibility index (Phi) is 3.48. The summed E-state index contributed by atoms with van der Waals surface area (Å²) in [5.74, 6) is -0.300. The molecule has 1 rings (SSSR count). The average molecular weight is 184 g/mol. The predicted octanol–water partition coefficient (Wildman–Crippen LogP) is 1.27. The molecule has 0 aromatic carbocycles. The van der Waals surface area contributed by atoms with Crippen molar-refractivity contribution in [2.75, 3.05) is 6.61 Å². The van der Waals surface area contributed by atoms with E-state index in [2.05, 4.69) is 0 Å². The molecule has 0 radical (unpaired) electrons. The summed E-state index contributed by atoms with van der Waals surface area (Å²) in [5.41, 5.74) is 0.928. The first kappa shape index (κ1) is 10.3. The van der Waals surface area contributed by atoms with Gasteiger partial charge in [-0.15, -0.1) is 0 Å². The summed E-state index contributed by atoms with van der Waals surface area (Å²) < 4.78 is 4.93. The van der Waals surface area contributed by atoms with E-state index in [9.17, 15) is 9.90 Å². The van der Waals surface area contributed by atoms with Crippen LogP contribution in [0.4, 0.5) is 0 Å². The Balaban J connectivity index is 2.61. The Morgan fingerprint density at radius 3 is 2.92 bits per heavy atom. The number of ether oxygens (including phenoxy) is 1. The summed E-state index contributed by atoms with van der Waals surface area (Å²) in [6, 6.07) is 0. The smallest absolute Gasteiger partial charge is 0.313 e. The van der Waals surface area contributed by atoms with Gasteiger partial charge in [0.25, 0.3) is 0 Å². The number of aliphatic hydroxyl groups is 1. The molecule has 0 aromatic heterocycles. The minimum Gasteiger partial charge on any atom is -0.466 e. The zero-order valence-corrected chi connectivity index (χ0v) is 8.12. The number of esters is 1. The Bertz CT molecular complexity index is 220. The molecule has 13 heavy (non-hydrogen) atoms. The SMILES string of the molecule is CCOC(=O)[C@H]1CC[C@@H](O)C=C1C. The van der Waals surface area contributed by atoms with Crippen LogP contribution >= 0.6 is 0 Å². The first-order valence-corrected chi connectivity index (χ1v) is 4.68. The standard InChI is InChI=1S/C10H16O3/c1-3-13-10(12)9-5-4-8(11)6-7(9)2/h6,8-9,11H,3-5H2,1-2H3/t8-,9+/m1/s1. The third kappa shape index (κ3) is 2.56. The zero-order chi connectivity index (χ0) is 9.84. The molecule has 2 atom stereocenters. The van der Waals surface area contributed by atoms with E-state index in [0.29, 0.717) is 19.4 Å². The van der Waals surface area contributed by atoms with Crippen molar-refractivity contribution in [2.45, 2.75) is 32.8 Å². The van der Waals surface area contributed by atoms with Gasteiger partial charge < -0.3 is 9.84 Å². The van der Waals surface area contributed by atoms with Gasteiger partial charge in [-0.3, -0.25) is 4.79 Å². The second-order valence-electron chi connectivity index (χ2n) is 3.36. The maximum Gasteiger partial charge on any atom is 0.313 e. The fourth-order valence-electron chi connectivity index (χ4n) is 1.61. The third-order valence-electron chi connectivity index (χ3n) is 2.33. The summed E-state index contributed by atoms with van der Waals surface area (Å²) in [5, 5.41) is 9.28. The number of aliphatic hydroxyl groups excluding tert-OH is 1. The largest absolute Gasteiger partial charge is 0.466 e. The molecule has 3 heteroatoms. The molecule has 3 nitrogen and oxygen atoms in total. The molecule has 0 saturated carbocycles. The molecule has 1 aliphatic carbocycles. The van der Waals surface area contributed by atoms with Crippen molar-refractivity contribution < 1.29 is 14.6 Å². The van der Waals surface area contributed by atoms with Gasteiger partial charge in [-0.2, -0.15) is 0 Å². The van der Waals surface area contributed by atoms with Crippen molar-refractivity contribution in [3.8, 4) is 0 Å². The maximum absolute atomic E-state index is 11.4. The molecule has 0 aliphatic heterocycles. The van der Waals surface area contributed by atoms with Crippen LogP contribution < -0.4 is 0 Å². The van der Waals surface area contributed by atoms with Gasteiger partial charge in [-0.25, -0.2) is 0 Å². The molecular weight excluding hydrogens is 168 g/mol. The lowest BCUT2D eigenvalue weighted by Gasteiger charge is -2.22. The molecule has 0 fully saturated rings. The summed E-state index contributed by atoms with van der Waals surface area (Å²) in [6.07, 6.45) is 2.71. The van der Waals surface area contributed by atoms with Crippen LogP contribution in [0.2, 0.25) is 0 Å². The second-order valence-corrected chi connectivity index (χ2v) is 3.36. The van der Waals surface area contributed by atoms with Crippen LogP contribution in [0.15, 0.2) is 11.6 Å². The number of rotatable bonds is 2. The van der Waals surface area contributed by atoms with Gasteiger partial charge in [-0.05, 0) is 26.7 Å². The van der Waals surface area contributed by atoms with E-state index in [0.717, 1.165) is 5.57 Å². The lowest BCUT2D eigenvalue weighted by atomic mass is 9.87. The molecule has 0 saturated heterocycles. The molecular formula is C10H16O3. The van der Waals surface area contributed by atoms with Gasteiger partial charge >= 0.3 is 5.97 Å². The lowest BCUT2D eigenvalue weighted by Crippen LogP contribution is -2.24. The van der Waals surface area contributed by atoms with E-state index >= 15 is 0 Å². The van der Waals surface area contributed by atoms with Crippen LogP contribution in [0.5, 0.6) is 0 Å². The minimum atomic E-state index is -0.384. The highest BCUT2D eigenvalue weighted by Crippen LogP contribution is 2.25. The summed E-state index contributed by atoms with van der Waals surface area (Å²) in [6.45, 7) is 4.09. The molecule has 0 unspecified atom stereocenters. The fraction of sp³-hybridized carbons (Fsp3) is 0.700. The molecule has 0 aromatic rings. The number of hydrogen-bond donors (Lipinski definition) is 1. The maximum atomic E-state index is 11.4. The van der Waals surface area contributed by atoms with Gasteiger partial charge in [0.1, 0.15) is 0 Å². The van der Waals surface area contributed by atoms with Crippen molar-refractivity contribution in [3.05, 3.63) is 11.6 Å². The highest BCUT2D eigenvalue weighted by Gasteiger charge is 2.26. The Hall–Kier alpha value is -0.830. The highest BCUT2D eigenvalue weighted by molar-refractivity contribution is 5.75. The number of carbonyl (C=O) groups is 1. The van der Waals surface area contributed by atoms with Crippen LogP contribution in [0.25, 0.3) is 0 Å². The Morgan fingerprint density at radius 1 is 1.69 bits per heavy atom. The van der Waals surface area contributed by atoms with E-state index in [-0.39, 0.29) is 18.0 Å². The van der Waals surface area contributed by atoms with Gasteiger partial charge in [0.15, 0.2) is 0 Å². The van der Waals surface area contributed by atoms with Crippen molar-refractivity contribution >= 4 is 5.97 Å². The third-order valence-corrected chi connectivity index (χ3v) is 2.33. The van der Waals surface area contributed by atoms with Gasteiger partial charge in [0.05, 0.1) is 18.6 Å². The molecule has 1 N–H and O–H groups in total. The quantitative estimate of drug-likeness (QED) is 0.519. The monoisotopic (exact) mass is 184 g/mol. The molecule has 1 aliphatic rings. The first-order valence-electron chi connectivity index (χ1n) is 4.68. The van der Waals surface area contributed by atoms with Crippen molar-refractivity contribution in [1.29, 1.82) is 0 Å². The van der Waals surface area contributed by atoms with E-state index in [1.807, 2.05) is 6.92 Å². The van der Waals surface area contributed by atoms with Crippen LogP contribution in [-0.4, -0.2) is 23.8 Å². The van der Waals surface area contributed by atoms with E-state index < -0.39 is 0 Å². The van der Waals surface area contributed by atoms with E-state index in [1.165, 1.54) is 0 Å². The van der Waals surface area contributed by atoms with Gasteiger partial charge in [-0.1, -0.05) is 11.6 Å². The second kappa shape index (κ2) is 4.42. The Morgan fingerprint density at radius 2 is 2.38 bits per heavy atom. The lowest BCUT2D eigenvalue weighted by molar-refractivity contribution is -0.147. The average Bonchev–Trinajstić information content (AvgIpc) is 2.04. The van der Waals surface area contributed by atoms with Crippen LogP contribution in [0.1, 0.15) is 26.7 Å². The molecule has 0 heterocycles. The van der Waals surface area contributed by atoms with Crippen LogP contribution in [0, 0.1) is 5.92 Å². The van der Waals surface area contributed by atoms with E-state index in [4.69, 9.17) is 4.74 Å². The Labute approximate surface area is 78.4 Å². The predicted molar refractivity (Wildman–Crippen MR) is 49.1 cm³/mol. The number of carbonyl (C=O) groups excluding carboxylic acids is 1. The number of hydrogen-bond acceptors (Lipinski definition) is 3. The van der Waals surface area contributed by atoms with Gasteiger partial charge in [0.2, 0.25) is 0 Å². The van der Waals surface area contributed by atoms with Crippen molar-refractivity contribution in [1.82, 2.24) is 0 Å². The summed E-state index contributed by atoms with van der Waals surface area (Å²) >= 11 is 0. The molecule has 0 bridgehead atoms. The fourth-order valence-corrected chi connectivity index (χ4v) is 1.61. The normalized spacial score (nSPS) is 28.1. The summed E-state index contributed by atoms with van der Waals surface area (Å²) in [4.78, 5) is 11.4. The van der Waals surface area contributed by atoms with Crippen LogP contribution in [-0.2, 0) is 9.53 Å². The van der Waals surface area contributed by atoms with E-state index in [1.54, 1.807) is 13.0 Å². The van der Waals surface area contributed by atoms with Crippen molar-refractivity contribution in [3.63, 3.8) is 0 Å². The van der Waals surface area contributed by atoms with Gasteiger partial charge in [0, 0.05) is 0 Å². The topological polar surface area (TPSA) is 46.5 Å².